The number of ketones is 1. The molecule has 1 aliphatic rings. The Bertz CT molecular complexity index is 356. The highest BCUT2D eigenvalue weighted by molar-refractivity contribution is 6.21. The molecule has 12 heavy (non-hydrogen) atoms. The van der Waals surface area contributed by atoms with Crippen molar-refractivity contribution in [1.29, 1.82) is 5.41 Å². The van der Waals surface area contributed by atoms with Gasteiger partial charge >= 0.3 is 0 Å². The van der Waals surface area contributed by atoms with Crippen molar-refractivity contribution < 1.29 is 4.79 Å². The van der Waals surface area contributed by atoms with Crippen molar-refractivity contribution in [3.63, 3.8) is 0 Å². The topological polar surface area (TPSA) is 53.8 Å². The summed E-state index contributed by atoms with van der Waals surface area (Å²) in [6, 6.07) is 3.45. The quantitative estimate of drug-likeness (QED) is 0.616. The SMILES string of the molecule is N=C1C=CC(=O)c2ncccc21. The van der Waals surface area contributed by atoms with E-state index in [0.29, 0.717) is 17.0 Å². The zero-order valence-electron chi connectivity index (χ0n) is 6.24. The number of fused-ring (bicyclic) bond motifs is 1. The van der Waals surface area contributed by atoms with E-state index in [0.717, 1.165) is 0 Å². The highest BCUT2D eigenvalue weighted by Gasteiger charge is 2.16. The summed E-state index contributed by atoms with van der Waals surface area (Å²) in [6.07, 6.45) is 4.42. The van der Waals surface area contributed by atoms with Crippen LogP contribution >= 0.6 is 0 Å². The molecule has 58 valence electrons. The maximum Gasteiger partial charge on any atom is 0.204 e. The molecular weight excluding hydrogens is 152 g/mol. The molecule has 3 heteroatoms. The number of rotatable bonds is 0. The van der Waals surface area contributed by atoms with Crippen molar-refractivity contribution in [2.24, 2.45) is 0 Å². The molecule has 0 bridgehead atoms. The number of carbonyl (C=O) groups is 1. The van der Waals surface area contributed by atoms with E-state index in [4.69, 9.17) is 5.41 Å². The molecule has 1 heterocycles. The van der Waals surface area contributed by atoms with Crippen LogP contribution in [0.2, 0.25) is 0 Å². The van der Waals surface area contributed by atoms with Gasteiger partial charge in [-0.25, -0.2) is 0 Å². The van der Waals surface area contributed by atoms with Gasteiger partial charge in [0.25, 0.3) is 0 Å². The van der Waals surface area contributed by atoms with E-state index >= 15 is 0 Å². The summed E-state index contributed by atoms with van der Waals surface area (Å²) in [4.78, 5) is 15.1. The fraction of sp³-hybridized carbons (Fsp3) is 0. The number of hydrogen-bond acceptors (Lipinski definition) is 3. The van der Waals surface area contributed by atoms with Crippen molar-refractivity contribution in [1.82, 2.24) is 4.98 Å². The average Bonchev–Trinajstić information content (AvgIpc) is 2.12. The van der Waals surface area contributed by atoms with Gasteiger partial charge < -0.3 is 5.41 Å². The van der Waals surface area contributed by atoms with Gasteiger partial charge in [-0.3, -0.25) is 9.78 Å². The Morgan fingerprint density at radius 3 is 2.92 bits per heavy atom. The van der Waals surface area contributed by atoms with Crippen LogP contribution in [-0.4, -0.2) is 16.5 Å². The Kier molecular flexibility index (Phi) is 1.37. The van der Waals surface area contributed by atoms with Crippen molar-refractivity contribution in [3.8, 4) is 0 Å². The van der Waals surface area contributed by atoms with Crippen LogP contribution in [0.4, 0.5) is 0 Å². The second-order valence-corrected chi connectivity index (χ2v) is 2.51. The Morgan fingerprint density at radius 2 is 2.17 bits per heavy atom. The van der Waals surface area contributed by atoms with Crippen molar-refractivity contribution >= 4 is 11.5 Å². The second kappa shape index (κ2) is 2.37. The molecule has 3 nitrogen and oxygen atoms in total. The van der Waals surface area contributed by atoms with E-state index in [1.807, 2.05) is 0 Å². The largest absolute Gasteiger partial charge is 0.300 e. The standard InChI is InChI=1S/C9H6N2O/c10-7-3-4-8(12)9-6(7)2-1-5-11-9/h1-5,10H. The summed E-state index contributed by atoms with van der Waals surface area (Å²) < 4.78 is 0. The molecule has 0 radical (unpaired) electrons. The fourth-order valence-corrected chi connectivity index (χ4v) is 1.15. The first-order chi connectivity index (χ1) is 5.79. The van der Waals surface area contributed by atoms with E-state index in [-0.39, 0.29) is 5.78 Å². The van der Waals surface area contributed by atoms with Gasteiger partial charge in [-0.15, -0.1) is 0 Å². The lowest BCUT2D eigenvalue weighted by molar-refractivity contribution is 0.104. The number of nitrogens with zero attached hydrogens (tertiary/aromatic N) is 1. The first-order valence-corrected chi connectivity index (χ1v) is 3.55. The van der Waals surface area contributed by atoms with Crippen LogP contribution in [0.25, 0.3) is 0 Å². The molecular formula is C9H6N2O. The Hall–Kier alpha value is -1.77. The van der Waals surface area contributed by atoms with Gasteiger partial charge in [-0.05, 0) is 24.3 Å². The first kappa shape index (κ1) is 6.91. The molecule has 0 fully saturated rings. The maximum atomic E-state index is 11.2. The van der Waals surface area contributed by atoms with E-state index < -0.39 is 0 Å². The van der Waals surface area contributed by atoms with E-state index in [9.17, 15) is 4.79 Å². The molecule has 2 rings (SSSR count). The highest BCUT2D eigenvalue weighted by atomic mass is 16.1. The number of aromatic nitrogens is 1. The van der Waals surface area contributed by atoms with Crippen LogP contribution in [0.1, 0.15) is 16.1 Å². The van der Waals surface area contributed by atoms with E-state index in [1.165, 1.54) is 12.2 Å². The van der Waals surface area contributed by atoms with Gasteiger partial charge in [-0.2, -0.15) is 0 Å². The number of hydrogen-bond donors (Lipinski definition) is 1. The monoisotopic (exact) mass is 158 g/mol. The summed E-state index contributed by atoms with van der Waals surface area (Å²) in [5, 5.41) is 7.48. The third-order valence-electron chi connectivity index (χ3n) is 1.73. The van der Waals surface area contributed by atoms with Gasteiger partial charge in [0, 0.05) is 11.8 Å². The van der Waals surface area contributed by atoms with Crippen LogP contribution in [0.3, 0.4) is 0 Å². The lowest BCUT2D eigenvalue weighted by atomic mass is 10.00. The zero-order valence-corrected chi connectivity index (χ0v) is 6.24. The van der Waals surface area contributed by atoms with E-state index in [2.05, 4.69) is 4.98 Å². The van der Waals surface area contributed by atoms with Crippen LogP contribution in [0.15, 0.2) is 30.5 Å². The van der Waals surface area contributed by atoms with Crippen LogP contribution in [0, 0.1) is 5.41 Å². The molecule has 0 saturated heterocycles. The second-order valence-electron chi connectivity index (χ2n) is 2.51. The normalized spacial score (nSPS) is 14.7. The van der Waals surface area contributed by atoms with Gasteiger partial charge in [0.05, 0.1) is 5.71 Å². The zero-order chi connectivity index (χ0) is 8.55. The summed E-state index contributed by atoms with van der Waals surface area (Å²) >= 11 is 0. The molecule has 0 aromatic carbocycles. The molecule has 0 amide bonds. The van der Waals surface area contributed by atoms with Gasteiger partial charge in [0.15, 0.2) is 0 Å². The molecule has 1 N–H and O–H groups in total. The molecule has 0 aliphatic heterocycles. The van der Waals surface area contributed by atoms with E-state index in [1.54, 1.807) is 18.3 Å². The smallest absolute Gasteiger partial charge is 0.204 e. The number of allylic oxidation sites excluding steroid dienone is 2. The summed E-state index contributed by atoms with van der Waals surface area (Å²) in [6.45, 7) is 0. The Balaban J connectivity index is 2.69. The predicted molar refractivity (Wildman–Crippen MR) is 44.5 cm³/mol. The fourth-order valence-electron chi connectivity index (χ4n) is 1.15. The minimum absolute atomic E-state index is 0.124. The molecule has 1 aromatic heterocycles. The molecule has 0 spiro atoms. The Morgan fingerprint density at radius 1 is 1.33 bits per heavy atom. The summed E-state index contributed by atoms with van der Waals surface area (Å²) in [5.41, 5.74) is 1.34. The predicted octanol–water partition coefficient (Wildman–Crippen LogP) is 1.20. The number of carbonyl (C=O) groups excluding carboxylic acids is 1. The van der Waals surface area contributed by atoms with Crippen LogP contribution < -0.4 is 0 Å². The molecule has 0 unspecified atom stereocenters. The molecule has 1 aliphatic carbocycles. The lowest BCUT2D eigenvalue weighted by Gasteiger charge is -2.07. The van der Waals surface area contributed by atoms with Crippen molar-refractivity contribution in [2.75, 3.05) is 0 Å². The number of pyridine rings is 1. The molecule has 0 saturated carbocycles. The first-order valence-electron chi connectivity index (χ1n) is 3.55. The minimum atomic E-state index is -0.124. The van der Waals surface area contributed by atoms with Crippen molar-refractivity contribution in [3.05, 3.63) is 41.7 Å². The van der Waals surface area contributed by atoms with Gasteiger partial charge in [-0.1, -0.05) is 0 Å². The average molecular weight is 158 g/mol. The third-order valence-corrected chi connectivity index (χ3v) is 1.73. The minimum Gasteiger partial charge on any atom is -0.300 e. The van der Waals surface area contributed by atoms with Gasteiger partial charge in [0.1, 0.15) is 5.69 Å². The summed E-state index contributed by atoms with van der Waals surface area (Å²) in [7, 11) is 0. The highest BCUT2D eigenvalue weighted by Crippen LogP contribution is 2.12. The maximum absolute atomic E-state index is 11.2. The molecule has 1 aromatic rings. The lowest BCUT2D eigenvalue weighted by Crippen LogP contribution is -2.12. The molecule has 0 atom stereocenters. The van der Waals surface area contributed by atoms with Crippen LogP contribution in [0.5, 0.6) is 0 Å². The Labute approximate surface area is 69.3 Å². The van der Waals surface area contributed by atoms with Crippen molar-refractivity contribution in [2.45, 2.75) is 0 Å². The number of nitrogens with one attached hydrogen (secondary N) is 1. The third kappa shape index (κ3) is 0.871. The van der Waals surface area contributed by atoms with Crippen LogP contribution in [-0.2, 0) is 0 Å². The summed E-state index contributed by atoms with van der Waals surface area (Å²) in [5.74, 6) is -0.124. The van der Waals surface area contributed by atoms with Gasteiger partial charge in [0.2, 0.25) is 5.78 Å².